The Morgan fingerprint density at radius 1 is 0.905 bits per heavy atom. The first-order valence-electron chi connectivity index (χ1n) is 7.05. The minimum atomic E-state index is -0.822. The van der Waals surface area contributed by atoms with Crippen LogP contribution in [-0.2, 0) is 4.87 Å². The molecule has 1 saturated heterocycles. The molecular formula is C17H16ClF2N. The van der Waals surface area contributed by atoms with Crippen LogP contribution in [0.25, 0.3) is 0 Å². The molecule has 1 aliphatic heterocycles. The van der Waals surface area contributed by atoms with E-state index in [9.17, 15) is 8.78 Å². The molecule has 110 valence electrons. The Bertz CT molecular complexity index is 558. The van der Waals surface area contributed by atoms with Crippen molar-refractivity contribution < 1.29 is 8.78 Å². The maximum absolute atomic E-state index is 13.2. The highest BCUT2D eigenvalue weighted by Crippen LogP contribution is 2.42. The smallest absolute Gasteiger partial charge is 0.123 e. The Labute approximate surface area is 127 Å². The molecule has 1 atom stereocenters. The Balaban J connectivity index is 2.09. The predicted octanol–water partition coefficient (Wildman–Crippen LogP) is 4.20. The number of alkyl halides is 1. The van der Waals surface area contributed by atoms with Crippen molar-refractivity contribution in [2.45, 2.75) is 23.8 Å². The lowest BCUT2D eigenvalue weighted by molar-refractivity contribution is 0.492. The first-order valence-corrected chi connectivity index (χ1v) is 7.43. The molecule has 1 heterocycles. The molecule has 0 aliphatic carbocycles. The summed E-state index contributed by atoms with van der Waals surface area (Å²) >= 11 is 6.99. The summed E-state index contributed by atoms with van der Waals surface area (Å²) in [5, 5.41) is 3.40. The van der Waals surface area contributed by atoms with Gasteiger partial charge < -0.3 is 5.32 Å². The van der Waals surface area contributed by atoms with Gasteiger partial charge in [0, 0.05) is 6.04 Å². The standard InChI is InChI=1S/C17H16ClF2N/c18-17(16-2-1-11-21-16,12-3-7-14(19)8-4-12)13-5-9-15(20)10-6-13/h3-10,16,21H,1-2,11H2. The minimum absolute atomic E-state index is 0.0371. The van der Waals surface area contributed by atoms with Crippen molar-refractivity contribution in [1.82, 2.24) is 5.32 Å². The predicted molar refractivity (Wildman–Crippen MR) is 80.5 cm³/mol. The summed E-state index contributed by atoms with van der Waals surface area (Å²) in [5.41, 5.74) is 1.63. The molecule has 1 unspecified atom stereocenters. The number of nitrogens with one attached hydrogen (secondary N) is 1. The molecule has 1 N–H and O–H groups in total. The molecule has 0 aromatic heterocycles. The quantitative estimate of drug-likeness (QED) is 0.838. The third kappa shape index (κ3) is 2.68. The highest BCUT2D eigenvalue weighted by Gasteiger charge is 2.41. The molecule has 0 radical (unpaired) electrons. The fraction of sp³-hybridized carbons (Fsp3) is 0.294. The van der Waals surface area contributed by atoms with Gasteiger partial charge in [0.05, 0.1) is 0 Å². The summed E-state index contributed by atoms with van der Waals surface area (Å²) in [4.78, 5) is -0.822. The Morgan fingerprint density at radius 2 is 1.38 bits per heavy atom. The first kappa shape index (κ1) is 14.5. The van der Waals surface area contributed by atoms with Gasteiger partial charge in [0.1, 0.15) is 16.5 Å². The second kappa shape index (κ2) is 5.74. The van der Waals surface area contributed by atoms with Gasteiger partial charge in [-0.05, 0) is 54.8 Å². The average molecular weight is 308 g/mol. The Kier molecular flexibility index (Phi) is 3.96. The van der Waals surface area contributed by atoms with Crippen LogP contribution in [0.4, 0.5) is 8.78 Å². The lowest BCUT2D eigenvalue weighted by atomic mass is 9.83. The van der Waals surface area contributed by atoms with Gasteiger partial charge >= 0.3 is 0 Å². The molecule has 0 spiro atoms. The molecule has 4 heteroatoms. The van der Waals surface area contributed by atoms with E-state index in [1.54, 1.807) is 24.3 Å². The second-order valence-electron chi connectivity index (χ2n) is 5.37. The van der Waals surface area contributed by atoms with E-state index in [1.165, 1.54) is 24.3 Å². The number of hydrogen-bond donors (Lipinski definition) is 1. The lowest BCUT2D eigenvalue weighted by Crippen LogP contribution is -2.42. The molecule has 0 amide bonds. The first-order chi connectivity index (χ1) is 10.1. The Morgan fingerprint density at radius 3 is 1.76 bits per heavy atom. The van der Waals surface area contributed by atoms with E-state index in [4.69, 9.17) is 11.6 Å². The maximum atomic E-state index is 13.2. The number of rotatable bonds is 3. The van der Waals surface area contributed by atoms with Gasteiger partial charge in [-0.2, -0.15) is 0 Å². The van der Waals surface area contributed by atoms with E-state index in [1.807, 2.05) is 0 Å². The molecule has 2 aromatic carbocycles. The van der Waals surface area contributed by atoms with Crippen LogP contribution in [0.5, 0.6) is 0 Å². The van der Waals surface area contributed by atoms with E-state index in [0.717, 1.165) is 30.5 Å². The number of halogens is 3. The van der Waals surface area contributed by atoms with Crippen LogP contribution in [0.3, 0.4) is 0 Å². The van der Waals surface area contributed by atoms with Crippen LogP contribution in [0.2, 0.25) is 0 Å². The zero-order valence-electron chi connectivity index (χ0n) is 11.5. The third-order valence-corrected chi connectivity index (χ3v) is 4.77. The van der Waals surface area contributed by atoms with Gasteiger partial charge in [-0.15, -0.1) is 11.6 Å². The second-order valence-corrected chi connectivity index (χ2v) is 5.97. The summed E-state index contributed by atoms with van der Waals surface area (Å²) in [6.45, 7) is 0.904. The fourth-order valence-corrected chi connectivity index (χ4v) is 3.42. The van der Waals surface area contributed by atoms with Crippen molar-refractivity contribution in [3.05, 3.63) is 71.3 Å². The summed E-state index contributed by atoms with van der Waals surface area (Å²) < 4.78 is 26.4. The highest BCUT2D eigenvalue weighted by molar-refractivity contribution is 6.26. The van der Waals surface area contributed by atoms with Gasteiger partial charge in [0.2, 0.25) is 0 Å². The maximum Gasteiger partial charge on any atom is 0.123 e. The zero-order chi connectivity index (χ0) is 14.9. The van der Waals surface area contributed by atoms with Crippen molar-refractivity contribution in [3.8, 4) is 0 Å². The monoisotopic (exact) mass is 307 g/mol. The molecule has 2 aromatic rings. The molecule has 0 bridgehead atoms. The van der Waals surface area contributed by atoms with E-state index in [0.29, 0.717) is 0 Å². The van der Waals surface area contributed by atoms with Gasteiger partial charge in [-0.25, -0.2) is 8.78 Å². The van der Waals surface area contributed by atoms with Crippen molar-refractivity contribution in [3.63, 3.8) is 0 Å². The molecular weight excluding hydrogens is 292 g/mol. The van der Waals surface area contributed by atoms with Crippen LogP contribution in [0.1, 0.15) is 24.0 Å². The minimum Gasteiger partial charge on any atom is -0.312 e. The van der Waals surface area contributed by atoms with Crippen LogP contribution in [0, 0.1) is 11.6 Å². The van der Waals surface area contributed by atoms with Crippen molar-refractivity contribution >= 4 is 11.6 Å². The molecule has 1 nitrogen and oxygen atoms in total. The summed E-state index contributed by atoms with van der Waals surface area (Å²) in [5.74, 6) is -0.590. The van der Waals surface area contributed by atoms with Crippen LogP contribution in [-0.4, -0.2) is 12.6 Å². The largest absolute Gasteiger partial charge is 0.312 e. The van der Waals surface area contributed by atoms with Crippen LogP contribution in [0.15, 0.2) is 48.5 Å². The van der Waals surface area contributed by atoms with E-state index >= 15 is 0 Å². The average Bonchev–Trinajstić information content (AvgIpc) is 3.02. The SMILES string of the molecule is Fc1ccc(C(Cl)(c2ccc(F)cc2)C2CCCN2)cc1. The molecule has 0 saturated carbocycles. The van der Waals surface area contributed by atoms with Crippen LogP contribution < -0.4 is 5.32 Å². The third-order valence-electron chi connectivity index (χ3n) is 4.07. The van der Waals surface area contributed by atoms with E-state index in [2.05, 4.69) is 5.32 Å². The van der Waals surface area contributed by atoms with E-state index < -0.39 is 4.87 Å². The van der Waals surface area contributed by atoms with E-state index in [-0.39, 0.29) is 17.7 Å². The van der Waals surface area contributed by atoms with Gasteiger partial charge in [0.15, 0.2) is 0 Å². The van der Waals surface area contributed by atoms with Gasteiger partial charge in [-0.3, -0.25) is 0 Å². The van der Waals surface area contributed by atoms with Crippen molar-refractivity contribution in [1.29, 1.82) is 0 Å². The molecule has 3 rings (SSSR count). The number of benzene rings is 2. The van der Waals surface area contributed by atoms with Crippen molar-refractivity contribution in [2.24, 2.45) is 0 Å². The lowest BCUT2D eigenvalue weighted by Gasteiger charge is -2.34. The topological polar surface area (TPSA) is 12.0 Å². The highest BCUT2D eigenvalue weighted by atomic mass is 35.5. The summed E-state index contributed by atoms with van der Waals surface area (Å²) in [6.07, 6.45) is 1.97. The Hall–Kier alpha value is -1.45. The zero-order valence-corrected chi connectivity index (χ0v) is 12.2. The van der Waals surface area contributed by atoms with Crippen molar-refractivity contribution in [2.75, 3.05) is 6.54 Å². The molecule has 1 aliphatic rings. The van der Waals surface area contributed by atoms with Gasteiger partial charge in [0.25, 0.3) is 0 Å². The fourth-order valence-electron chi connectivity index (χ4n) is 2.98. The van der Waals surface area contributed by atoms with Gasteiger partial charge in [-0.1, -0.05) is 24.3 Å². The molecule has 1 fully saturated rings. The van der Waals surface area contributed by atoms with Crippen LogP contribution >= 0.6 is 11.6 Å². The summed E-state index contributed by atoms with van der Waals surface area (Å²) in [7, 11) is 0. The number of hydrogen-bond acceptors (Lipinski definition) is 1. The normalized spacial score (nSPS) is 18.9. The summed E-state index contributed by atoms with van der Waals surface area (Å²) in [6, 6.07) is 12.5. The molecule has 21 heavy (non-hydrogen) atoms.